The van der Waals surface area contributed by atoms with Crippen molar-refractivity contribution >= 4 is 22.7 Å². The van der Waals surface area contributed by atoms with Crippen LogP contribution in [0.25, 0.3) is 11.0 Å². The summed E-state index contributed by atoms with van der Waals surface area (Å²) in [5.41, 5.74) is 0.620. The molecule has 0 saturated heterocycles. The van der Waals surface area contributed by atoms with Gasteiger partial charge in [0.1, 0.15) is 12.4 Å². The van der Waals surface area contributed by atoms with Crippen LogP contribution in [-0.4, -0.2) is 34.2 Å². The highest BCUT2D eigenvalue weighted by Crippen LogP contribution is 2.30. The Labute approximate surface area is 113 Å². The summed E-state index contributed by atoms with van der Waals surface area (Å²) >= 11 is 0. The highest BCUT2D eigenvalue weighted by Gasteiger charge is 2.29. The van der Waals surface area contributed by atoms with Crippen molar-refractivity contribution < 1.29 is 19.2 Å². The minimum atomic E-state index is -0.739. The summed E-state index contributed by atoms with van der Waals surface area (Å²) in [6, 6.07) is 2.81. The van der Waals surface area contributed by atoms with Crippen LogP contribution < -0.4 is 0 Å². The van der Waals surface area contributed by atoms with Crippen molar-refractivity contribution in [2.24, 2.45) is 0 Å². The topological polar surface area (TPSA) is 96.5 Å². The first-order valence-electron chi connectivity index (χ1n) is 5.96. The van der Waals surface area contributed by atoms with Gasteiger partial charge in [0.2, 0.25) is 0 Å². The number of fused-ring (bicyclic) bond motifs is 3. The number of carbonyl (C=O) groups is 1. The molecule has 2 aromatic rings. The van der Waals surface area contributed by atoms with Crippen molar-refractivity contribution in [3.8, 4) is 0 Å². The number of nitro groups is 1. The third-order valence-corrected chi connectivity index (χ3v) is 3.24. The maximum atomic E-state index is 11.9. The molecule has 0 fully saturated rings. The lowest BCUT2D eigenvalue weighted by atomic mass is 10.1. The van der Waals surface area contributed by atoms with Gasteiger partial charge in [-0.25, -0.2) is 9.78 Å². The second-order valence-corrected chi connectivity index (χ2v) is 4.31. The lowest BCUT2D eigenvalue weighted by Gasteiger charge is -2.15. The van der Waals surface area contributed by atoms with Crippen LogP contribution in [0, 0.1) is 10.1 Å². The van der Waals surface area contributed by atoms with Crippen molar-refractivity contribution in [1.82, 2.24) is 9.55 Å². The van der Waals surface area contributed by atoms with E-state index >= 15 is 0 Å². The number of methoxy groups -OCH3 is 1. The number of esters is 1. The van der Waals surface area contributed by atoms with Gasteiger partial charge in [-0.15, -0.1) is 0 Å². The van der Waals surface area contributed by atoms with Gasteiger partial charge in [0.15, 0.2) is 5.56 Å². The molecule has 0 aliphatic carbocycles. The number of carbonyl (C=O) groups excluding carboxylic acids is 1. The van der Waals surface area contributed by atoms with E-state index < -0.39 is 10.9 Å². The molecule has 0 unspecified atom stereocenters. The summed E-state index contributed by atoms with van der Waals surface area (Å²) < 4.78 is 11.8. The lowest BCUT2D eigenvalue weighted by Crippen LogP contribution is -2.18. The molecule has 0 bridgehead atoms. The second kappa shape index (κ2) is 4.57. The number of hydrogen-bond donors (Lipinski definition) is 0. The average molecular weight is 277 g/mol. The maximum Gasteiger partial charge on any atom is 0.347 e. The zero-order valence-corrected chi connectivity index (χ0v) is 10.7. The lowest BCUT2D eigenvalue weighted by molar-refractivity contribution is -0.385. The van der Waals surface area contributed by atoms with Crippen molar-refractivity contribution in [3.63, 3.8) is 0 Å². The van der Waals surface area contributed by atoms with Crippen LogP contribution in [0.3, 0.4) is 0 Å². The first-order valence-corrected chi connectivity index (χ1v) is 5.96. The monoisotopic (exact) mass is 277 g/mol. The Kier molecular flexibility index (Phi) is 2.87. The molecule has 8 heteroatoms. The first kappa shape index (κ1) is 12.5. The van der Waals surface area contributed by atoms with Crippen LogP contribution in [0.1, 0.15) is 16.2 Å². The molecule has 8 nitrogen and oxygen atoms in total. The molecule has 2 heterocycles. The van der Waals surface area contributed by atoms with Crippen LogP contribution in [-0.2, 0) is 22.6 Å². The molecule has 3 rings (SSSR count). The van der Waals surface area contributed by atoms with Gasteiger partial charge in [0, 0.05) is 12.6 Å². The van der Waals surface area contributed by atoms with Gasteiger partial charge in [-0.1, -0.05) is 0 Å². The van der Waals surface area contributed by atoms with Gasteiger partial charge in [0.25, 0.3) is 5.69 Å². The van der Waals surface area contributed by atoms with Crippen LogP contribution in [0.15, 0.2) is 12.1 Å². The van der Waals surface area contributed by atoms with E-state index in [0.717, 1.165) is 0 Å². The Hall–Kier alpha value is -2.48. The number of nitro benzene ring substituents is 1. The third-order valence-electron chi connectivity index (χ3n) is 3.24. The normalized spacial score (nSPS) is 14.1. The van der Waals surface area contributed by atoms with Gasteiger partial charge in [0.05, 0.1) is 29.7 Å². The highest BCUT2D eigenvalue weighted by atomic mass is 16.6. The summed E-state index contributed by atoms with van der Waals surface area (Å²) in [6.45, 7) is 1.29. The number of benzene rings is 1. The van der Waals surface area contributed by atoms with Crippen molar-refractivity contribution in [3.05, 3.63) is 33.6 Å². The number of aromatic nitrogens is 2. The van der Waals surface area contributed by atoms with Crippen molar-refractivity contribution in [2.45, 2.75) is 13.2 Å². The second-order valence-electron chi connectivity index (χ2n) is 4.31. The van der Waals surface area contributed by atoms with Gasteiger partial charge >= 0.3 is 5.97 Å². The molecular weight excluding hydrogens is 266 g/mol. The predicted molar refractivity (Wildman–Crippen MR) is 67.4 cm³/mol. The molecule has 1 aliphatic heterocycles. The fraction of sp³-hybridized carbons (Fsp3) is 0.333. The Balaban J connectivity index is 2.38. The molecule has 0 saturated carbocycles. The van der Waals surface area contributed by atoms with E-state index in [-0.39, 0.29) is 11.3 Å². The molecule has 0 N–H and O–H groups in total. The number of ether oxygens (including phenoxy) is 2. The molecule has 0 radical (unpaired) electrons. The Morgan fingerprint density at radius 3 is 3.05 bits per heavy atom. The molecule has 1 aliphatic rings. The highest BCUT2D eigenvalue weighted by molar-refractivity contribution is 6.06. The van der Waals surface area contributed by atoms with E-state index in [4.69, 9.17) is 4.74 Å². The SMILES string of the molecule is COC(=O)c1c([N+](=O)[O-])ccc2nc3n(c12)CCOC3. The molecule has 104 valence electrons. The quantitative estimate of drug-likeness (QED) is 0.465. The van der Waals surface area contributed by atoms with Gasteiger partial charge < -0.3 is 14.0 Å². The molecule has 1 aromatic carbocycles. The minimum Gasteiger partial charge on any atom is -0.465 e. The Morgan fingerprint density at radius 2 is 2.35 bits per heavy atom. The summed E-state index contributed by atoms with van der Waals surface area (Å²) in [7, 11) is 1.20. The van der Waals surface area contributed by atoms with Gasteiger partial charge in [-0.3, -0.25) is 10.1 Å². The molecule has 0 amide bonds. The summed E-state index contributed by atoms with van der Waals surface area (Å²) in [6.07, 6.45) is 0. The smallest absolute Gasteiger partial charge is 0.347 e. The van der Waals surface area contributed by atoms with E-state index in [0.29, 0.717) is 36.6 Å². The fourth-order valence-electron chi connectivity index (χ4n) is 2.39. The zero-order valence-electron chi connectivity index (χ0n) is 10.7. The molecule has 1 aromatic heterocycles. The minimum absolute atomic E-state index is 0.0596. The fourth-order valence-corrected chi connectivity index (χ4v) is 2.39. The third kappa shape index (κ3) is 1.73. The number of imidazole rings is 1. The standard InChI is InChI=1S/C12H11N3O5/c1-19-12(16)10-8(15(17)18)3-2-7-11(10)14-4-5-20-6-9(14)13-7/h2-3H,4-6H2,1H3. The van der Waals surface area contributed by atoms with Gasteiger partial charge in [-0.2, -0.15) is 0 Å². The summed E-state index contributed by atoms with van der Waals surface area (Å²) in [4.78, 5) is 26.8. The Bertz CT molecular complexity index is 721. The molecule has 0 atom stereocenters. The first-order chi connectivity index (χ1) is 9.63. The number of hydrogen-bond acceptors (Lipinski definition) is 6. The van der Waals surface area contributed by atoms with E-state index in [9.17, 15) is 14.9 Å². The number of rotatable bonds is 2. The van der Waals surface area contributed by atoms with E-state index in [1.54, 1.807) is 4.57 Å². The van der Waals surface area contributed by atoms with Crippen molar-refractivity contribution in [2.75, 3.05) is 13.7 Å². The average Bonchev–Trinajstić information content (AvgIpc) is 2.83. The molecule has 20 heavy (non-hydrogen) atoms. The summed E-state index contributed by atoms with van der Waals surface area (Å²) in [5.74, 6) is -0.0895. The predicted octanol–water partition coefficient (Wildman–Crippen LogP) is 1.26. The van der Waals surface area contributed by atoms with Crippen LogP contribution in [0.5, 0.6) is 0 Å². The molecular formula is C12H11N3O5. The van der Waals surface area contributed by atoms with E-state index in [1.165, 1.54) is 19.2 Å². The van der Waals surface area contributed by atoms with Crippen LogP contribution in [0.4, 0.5) is 5.69 Å². The van der Waals surface area contributed by atoms with Crippen molar-refractivity contribution in [1.29, 1.82) is 0 Å². The Morgan fingerprint density at radius 1 is 1.55 bits per heavy atom. The van der Waals surface area contributed by atoms with E-state index in [1.807, 2.05) is 0 Å². The number of nitrogens with zero attached hydrogens (tertiary/aromatic N) is 3. The van der Waals surface area contributed by atoms with Crippen LogP contribution >= 0.6 is 0 Å². The largest absolute Gasteiger partial charge is 0.465 e. The van der Waals surface area contributed by atoms with E-state index in [2.05, 4.69) is 9.72 Å². The maximum absolute atomic E-state index is 11.9. The molecule has 0 spiro atoms. The van der Waals surface area contributed by atoms with Gasteiger partial charge in [-0.05, 0) is 6.07 Å². The zero-order chi connectivity index (χ0) is 14.3. The summed E-state index contributed by atoms with van der Waals surface area (Å²) in [5, 5.41) is 11.1. The van der Waals surface area contributed by atoms with Crippen LogP contribution in [0.2, 0.25) is 0 Å².